The van der Waals surface area contributed by atoms with Crippen molar-refractivity contribution in [3.63, 3.8) is 0 Å². The molecule has 0 atom stereocenters. The largest absolute Gasteiger partial charge is 0.301 e. The van der Waals surface area contributed by atoms with E-state index >= 15 is 0 Å². The third-order valence-corrected chi connectivity index (χ3v) is 4.27. The van der Waals surface area contributed by atoms with E-state index in [1.165, 1.54) is 4.90 Å². The summed E-state index contributed by atoms with van der Waals surface area (Å²) in [5.41, 5.74) is 3.85. The van der Waals surface area contributed by atoms with Gasteiger partial charge in [0, 0.05) is 36.9 Å². The Bertz CT molecular complexity index is 998. The van der Waals surface area contributed by atoms with E-state index in [-0.39, 0.29) is 0 Å². The van der Waals surface area contributed by atoms with Gasteiger partial charge in [-0.1, -0.05) is 24.3 Å². The molecule has 0 fully saturated rings. The van der Waals surface area contributed by atoms with Crippen LogP contribution < -0.4 is 4.90 Å². The Morgan fingerprint density at radius 3 is 2.54 bits per heavy atom. The molecule has 2 aromatic heterocycles. The molecule has 0 unspecified atom stereocenters. The summed E-state index contributed by atoms with van der Waals surface area (Å²) >= 11 is 0. The molecule has 3 aromatic rings. The molecule has 5 heteroatoms. The van der Waals surface area contributed by atoms with Crippen molar-refractivity contribution in [3.8, 4) is 11.1 Å². The van der Waals surface area contributed by atoms with Gasteiger partial charge >= 0.3 is 0 Å². The van der Waals surface area contributed by atoms with E-state index in [0.717, 1.165) is 16.7 Å². The highest BCUT2D eigenvalue weighted by atomic mass is 16.2. The van der Waals surface area contributed by atoms with E-state index in [4.69, 9.17) is 0 Å². The average molecular weight is 341 g/mol. The second-order valence-corrected chi connectivity index (χ2v) is 5.90. The van der Waals surface area contributed by atoms with Crippen LogP contribution in [0.25, 0.3) is 17.2 Å². The monoisotopic (exact) mass is 341 g/mol. The molecule has 0 saturated heterocycles. The molecule has 5 nitrogen and oxygen atoms in total. The molecule has 0 radical (unpaired) electrons. The number of nitrogens with zero attached hydrogens (tertiary/aromatic N) is 3. The van der Waals surface area contributed by atoms with Crippen LogP contribution in [-0.4, -0.2) is 28.2 Å². The second-order valence-electron chi connectivity index (χ2n) is 5.90. The van der Waals surface area contributed by atoms with Gasteiger partial charge in [-0.05, 0) is 41.5 Å². The summed E-state index contributed by atoms with van der Waals surface area (Å²) in [5.74, 6) is -0.967. The van der Waals surface area contributed by atoms with Gasteiger partial charge in [-0.2, -0.15) is 0 Å². The van der Waals surface area contributed by atoms with E-state index in [1.807, 2.05) is 48.6 Å². The fraction of sp³-hybridized carbons (Fsp3) is 0.0476. The highest BCUT2D eigenvalue weighted by Crippen LogP contribution is 2.32. The topological polar surface area (TPSA) is 63.2 Å². The Morgan fingerprint density at radius 2 is 1.77 bits per heavy atom. The Balaban J connectivity index is 1.61. The molecule has 0 aliphatic carbocycles. The second kappa shape index (κ2) is 6.72. The Labute approximate surface area is 150 Å². The number of benzene rings is 1. The predicted molar refractivity (Wildman–Crippen MR) is 99.6 cm³/mol. The smallest absolute Gasteiger partial charge is 0.299 e. The molecule has 0 bridgehead atoms. The van der Waals surface area contributed by atoms with Gasteiger partial charge in [0.05, 0.1) is 11.3 Å². The number of amides is 1. The number of pyridine rings is 2. The summed E-state index contributed by atoms with van der Waals surface area (Å²) in [4.78, 5) is 34.3. The summed E-state index contributed by atoms with van der Waals surface area (Å²) in [7, 11) is 0. The predicted octanol–water partition coefficient (Wildman–Crippen LogP) is 3.39. The molecule has 0 N–H and O–H groups in total. The number of carbonyl (C=O) groups is 2. The molecule has 0 spiro atoms. The Morgan fingerprint density at radius 1 is 0.923 bits per heavy atom. The van der Waals surface area contributed by atoms with Gasteiger partial charge in [-0.3, -0.25) is 19.6 Å². The minimum absolute atomic E-state index is 0.339. The Hall–Kier alpha value is -3.60. The first-order valence-electron chi connectivity index (χ1n) is 8.21. The van der Waals surface area contributed by atoms with Gasteiger partial charge in [0.15, 0.2) is 0 Å². The molecule has 1 aromatic carbocycles. The maximum atomic E-state index is 12.4. The SMILES string of the molecule is O=C1C(=O)N(C/C=C/c2ccncc2)c2ccc(-c3cccnc3)cc21. The van der Waals surface area contributed by atoms with Crippen molar-refractivity contribution in [2.24, 2.45) is 0 Å². The lowest BCUT2D eigenvalue weighted by Crippen LogP contribution is -2.29. The minimum atomic E-state index is -0.497. The molecule has 26 heavy (non-hydrogen) atoms. The van der Waals surface area contributed by atoms with Crippen molar-refractivity contribution in [2.75, 3.05) is 11.4 Å². The normalized spacial score (nSPS) is 13.5. The van der Waals surface area contributed by atoms with Crippen molar-refractivity contribution >= 4 is 23.5 Å². The van der Waals surface area contributed by atoms with Crippen LogP contribution in [0, 0.1) is 0 Å². The van der Waals surface area contributed by atoms with Crippen molar-refractivity contribution < 1.29 is 9.59 Å². The van der Waals surface area contributed by atoms with Crippen LogP contribution in [0.1, 0.15) is 15.9 Å². The van der Waals surface area contributed by atoms with E-state index in [1.54, 1.807) is 30.9 Å². The molecule has 4 rings (SSSR count). The zero-order valence-corrected chi connectivity index (χ0v) is 13.9. The van der Waals surface area contributed by atoms with E-state index in [2.05, 4.69) is 9.97 Å². The fourth-order valence-corrected chi connectivity index (χ4v) is 2.96. The molecule has 0 saturated carbocycles. The molecule has 126 valence electrons. The van der Waals surface area contributed by atoms with Crippen LogP contribution in [0.4, 0.5) is 5.69 Å². The number of fused-ring (bicyclic) bond motifs is 1. The number of hydrogen-bond donors (Lipinski definition) is 0. The van der Waals surface area contributed by atoms with Gasteiger partial charge in [0.25, 0.3) is 11.7 Å². The lowest BCUT2D eigenvalue weighted by Gasteiger charge is -2.14. The van der Waals surface area contributed by atoms with Crippen molar-refractivity contribution in [1.82, 2.24) is 9.97 Å². The molecule has 1 aliphatic heterocycles. The van der Waals surface area contributed by atoms with Gasteiger partial charge < -0.3 is 4.90 Å². The van der Waals surface area contributed by atoms with Crippen LogP contribution in [0.2, 0.25) is 0 Å². The first-order chi connectivity index (χ1) is 12.7. The number of hydrogen-bond acceptors (Lipinski definition) is 4. The van der Waals surface area contributed by atoms with Crippen LogP contribution in [0.5, 0.6) is 0 Å². The first-order valence-corrected chi connectivity index (χ1v) is 8.21. The number of Topliss-reactive ketones (excluding diaryl/α,β-unsaturated/α-hetero) is 1. The average Bonchev–Trinajstić information content (AvgIpc) is 2.94. The standard InChI is InChI=1S/C21H15N3O2/c25-20-18-13-16(17-4-1-9-23-14-17)5-6-19(18)24(21(20)26)12-2-3-15-7-10-22-11-8-15/h1-11,13-14H,12H2/b3-2+. The minimum Gasteiger partial charge on any atom is -0.301 e. The van der Waals surface area contributed by atoms with Crippen LogP contribution in [0.3, 0.4) is 0 Å². The summed E-state index contributed by atoms with van der Waals surface area (Å²) in [6.45, 7) is 0.339. The molecule has 1 aliphatic rings. The zero-order chi connectivity index (χ0) is 17.9. The molecular weight excluding hydrogens is 326 g/mol. The highest BCUT2D eigenvalue weighted by Gasteiger charge is 2.35. The van der Waals surface area contributed by atoms with Crippen molar-refractivity contribution in [1.29, 1.82) is 0 Å². The maximum Gasteiger partial charge on any atom is 0.299 e. The van der Waals surface area contributed by atoms with E-state index in [9.17, 15) is 9.59 Å². The van der Waals surface area contributed by atoms with Crippen molar-refractivity contribution in [3.05, 3.63) is 84.5 Å². The van der Waals surface area contributed by atoms with Gasteiger partial charge in [-0.25, -0.2) is 0 Å². The number of ketones is 1. The maximum absolute atomic E-state index is 12.4. The third-order valence-electron chi connectivity index (χ3n) is 4.27. The van der Waals surface area contributed by atoms with E-state index < -0.39 is 11.7 Å². The summed E-state index contributed by atoms with van der Waals surface area (Å²) in [6.07, 6.45) is 10.6. The summed E-state index contributed by atoms with van der Waals surface area (Å²) in [5, 5.41) is 0. The lowest BCUT2D eigenvalue weighted by molar-refractivity contribution is -0.114. The van der Waals surface area contributed by atoms with E-state index in [0.29, 0.717) is 17.8 Å². The van der Waals surface area contributed by atoms with Crippen LogP contribution in [-0.2, 0) is 4.79 Å². The highest BCUT2D eigenvalue weighted by molar-refractivity contribution is 6.52. The summed E-state index contributed by atoms with van der Waals surface area (Å²) in [6, 6.07) is 13.0. The summed E-state index contributed by atoms with van der Waals surface area (Å²) < 4.78 is 0. The first kappa shape index (κ1) is 15.9. The van der Waals surface area contributed by atoms with Gasteiger partial charge in [0.1, 0.15) is 0 Å². The lowest BCUT2D eigenvalue weighted by atomic mass is 10.0. The number of aromatic nitrogens is 2. The quantitative estimate of drug-likeness (QED) is 0.683. The number of carbonyl (C=O) groups excluding carboxylic acids is 2. The van der Waals surface area contributed by atoms with Gasteiger partial charge in [0.2, 0.25) is 0 Å². The molecule has 1 amide bonds. The molecule has 3 heterocycles. The third kappa shape index (κ3) is 2.91. The van der Waals surface area contributed by atoms with Crippen LogP contribution >= 0.6 is 0 Å². The number of rotatable bonds is 4. The Kier molecular flexibility index (Phi) is 4.11. The zero-order valence-electron chi connectivity index (χ0n) is 13.9. The molecular formula is C21H15N3O2. The fourth-order valence-electron chi connectivity index (χ4n) is 2.96. The number of anilines is 1. The van der Waals surface area contributed by atoms with Gasteiger partial charge in [-0.15, -0.1) is 0 Å². The van der Waals surface area contributed by atoms with Crippen molar-refractivity contribution in [2.45, 2.75) is 0 Å². The van der Waals surface area contributed by atoms with Crippen LogP contribution in [0.15, 0.2) is 73.3 Å².